The zero-order valence-electron chi connectivity index (χ0n) is 32.9. The standard InChI is InChI=1S/C26H21N.C13H10.5C2H6/c1-18-12-14-25-22(16-18)23-17-19(2)13-15-26(23)27(25)24-11-7-6-10-21(24)20-8-4-3-5-9-20;1-3-7-12-10(5-1)9-11-6-2-4-8-13(11)12;5*1-2/h3-17H,1-2H3;1-8H,9H2;5*1-2H3. The van der Waals surface area contributed by atoms with Crippen molar-refractivity contribution in [3.63, 3.8) is 0 Å². The van der Waals surface area contributed by atoms with E-state index in [0.717, 1.165) is 6.42 Å². The van der Waals surface area contributed by atoms with Crippen LogP contribution < -0.4 is 0 Å². The van der Waals surface area contributed by atoms with Gasteiger partial charge in [0.15, 0.2) is 0 Å². The first-order valence-corrected chi connectivity index (χ1v) is 19.0. The summed E-state index contributed by atoms with van der Waals surface area (Å²) in [5.74, 6) is 0. The maximum Gasteiger partial charge on any atom is 0.0541 e. The van der Waals surface area contributed by atoms with Crippen LogP contribution in [0.15, 0.2) is 140 Å². The molecule has 0 atom stereocenters. The lowest BCUT2D eigenvalue weighted by molar-refractivity contribution is 1.18. The molecule has 0 saturated carbocycles. The number of para-hydroxylation sites is 1. The molecule has 0 aliphatic heterocycles. The van der Waals surface area contributed by atoms with Crippen molar-refractivity contribution in [1.82, 2.24) is 4.57 Å². The molecule has 0 fully saturated rings. The summed E-state index contributed by atoms with van der Waals surface area (Å²) in [5.41, 5.74) is 14.5. The molecule has 1 aliphatic rings. The molecule has 1 heterocycles. The maximum atomic E-state index is 2.41. The Kier molecular flexibility index (Phi) is 18.1. The normalized spacial score (nSPS) is 9.92. The smallest absolute Gasteiger partial charge is 0.0541 e. The minimum Gasteiger partial charge on any atom is -0.309 e. The van der Waals surface area contributed by atoms with Crippen LogP contribution in [0.1, 0.15) is 91.5 Å². The van der Waals surface area contributed by atoms with Crippen molar-refractivity contribution in [3.05, 3.63) is 162 Å². The van der Waals surface area contributed by atoms with Crippen LogP contribution in [-0.4, -0.2) is 4.57 Å². The molecule has 0 bridgehead atoms. The van der Waals surface area contributed by atoms with Gasteiger partial charge in [-0.3, -0.25) is 0 Å². The van der Waals surface area contributed by atoms with Gasteiger partial charge >= 0.3 is 0 Å². The van der Waals surface area contributed by atoms with Crippen LogP contribution in [0.2, 0.25) is 0 Å². The minimum atomic E-state index is 1.10. The van der Waals surface area contributed by atoms with Crippen LogP contribution in [0.5, 0.6) is 0 Å². The first-order chi connectivity index (χ1) is 24.7. The Hall–Kier alpha value is -4.88. The quantitative estimate of drug-likeness (QED) is 0.173. The Labute approximate surface area is 304 Å². The SMILES string of the molecule is CC.CC.CC.CC.CC.Cc1ccc2c(c1)c1cc(C)ccc1n2-c1ccccc1-c1ccccc1.c1ccc2c(c1)Cc1ccccc1-2. The summed E-state index contributed by atoms with van der Waals surface area (Å²) in [6, 6.07) is 50.1. The van der Waals surface area contributed by atoms with Gasteiger partial charge in [0.1, 0.15) is 0 Å². The van der Waals surface area contributed by atoms with E-state index in [1.54, 1.807) is 0 Å². The highest BCUT2D eigenvalue weighted by Crippen LogP contribution is 2.37. The zero-order chi connectivity index (χ0) is 37.1. The van der Waals surface area contributed by atoms with Crippen molar-refractivity contribution in [2.45, 2.75) is 89.5 Å². The summed E-state index contributed by atoms with van der Waals surface area (Å²) >= 11 is 0. The fourth-order valence-corrected chi connectivity index (χ4v) is 6.12. The van der Waals surface area contributed by atoms with E-state index in [4.69, 9.17) is 0 Å². The van der Waals surface area contributed by atoms with Gasteiger partial charge < -0.3 is 4.57 Å². The van der Waals surface area contributed by atoms with Gasteiger partial charge in [-0.05, 0) is 78.4 Å². The van der Waals surface area contributed by atoms with E-state index in [1.807, 2.05) is 69.2 Å². The largest absolute Gasteiger partial charge is 0.309 e. The molecule has 7 aromatic rings. The third kappa shape index (κ3) is 9.42. The van der Waals surface area contributed by atoms with Crippen LogP contribution in [-0.2, 0) is 6.42 Å². The van der Waals surface area contributed by atoms with Crippen LogP contribution >= 0.6 is 0 Å². The molecule has 0 N–H and O–H groups in total. The molecule has 0 spiro atoms. The molecular formula is C49H61N. The van der Waals surface area contributed by atoms with Crippen molar-refractivity contribution in [1.29, 1.82) is 0 Å². The zero-order valence-corrected chi connectivity index (χ0v) is 32.9. The van der Waals surface area contributed by atoms with Gasteiger partial charge in [-0.25, -0.2) is 0 Å². The van der Waals surface area contributed by atoms with Gasteiger partial charge in [0.2, 0.25) is 0 Å². The first-order valence-electron chi connectivity index (χ1n) is 19.0. The van der Waals surface area contributed by atoms with E-state index in [2.05, 4.69) is 158 Å². The third-order valence-electron chi connectivity index (χ3n) is 8.01. The van der Waals surface area contributed by atoms with Gasteiger partial charge in [-0.1, -0.05) is 190 Å². The van der Waals surface area contributed by atoms with Crippen molar-refractivity contribution in [3.8, 4) is 27.9 Å². The second kappa shape index (κ2) is 22.0. The molecule has 6 aromatic carbocycles. The summed E-state index contributed by atoms with van der Waals surface area (Å²) in [4.78, 5) is 0. The second-order valence-electron chi connectivity index (χ2n) is 10.8. The molecule has 1 aliphatic carbocycles. The van der Waals surface area contributed by atoms with Gasteiger partial charge in [0.25, 0.3) is 0 Å². The van der Waals surface area contributed by atoms with Crippen LogP contribution in [0, 0.1) is 13.8 Å². The highest BCUT2D eigenvalue weighted by atomic mass is 15.0. The Morgan fingerprint density at radius 3 is 1.22 bits per heavy atom. The van der Waals surface area contributed by atoms with Crippen LogP contribution in [0.3, 0.4) is 0 Å². The topological polar surface area (TPSA) is 4.93 Å². The molecule has 262 valence electrons. The number of fused-ring (bicyclic) bond motifs is 6. The van der Waals surface area contributed by atoms with Crippen LogP contribution in [0.4, 0.5) is 0 Å². The summed E-state index contributed by atoms with van der Waals surface area (Å²) < 4.78 is 2.41. The second-order valence-corrected chi connectivity index (χ2v) is 10.8. The van der Waals surface area contributed by atoms with Gasteiger partial charge in [0, 0.05) is 16.3 Å². The molecule has 8 rings (SSSR count). The number of aromatic nitrogens is 1. The number of rotatable bonds is 2. The summed E-state index contributed by atoms with van der Waals surface area (Å²) in [7, 11) is 0. The van der Waals surface area contributed by atoms with Crippen molar-refractivity contribution in [2.24, 2.45) is 0 Å². The lowest BCUT2D eigenvalue weighted by Crippen LogP contribution is -1.97. The molecular weight excluding hydrogens is 603 g/mol. The van der Waals surface area contributed by atoms with E-state index < -0.39 is 0 Å². The molecule has 0 radical (unpaired) electrons. The Morgan fingerprint density at radius 1 is 0.380 bits per heavy atom. The van der Waals surface area contributed by atoms with E-state index in [0.29, 0.717) is 0 Å². The third-order valence-corrected chi connectivity index (χ3v) is 8.01. The predicted molar refractivity (Wildman–Crippen MR) is 227 cm³/mol. The first kappa shape index (κ1) is 41.3. The fraction of sp³-hybridized carbons (Fsp3) is 0.265. The Bertz CT molecular complexity index is 1890. The molecule has 0 saturated heterocycles. The number of aryl methyl sites for hydroxylation is 2. The van der Waals surface area contributed by atoms with E-state index in [9.17, 15) is 0 Å². The molecule has 1 nitrogen and oxygen atoms in total. The Balaban J connectivity index is 0.000000316. The Morgan fingerprint density at radius 2 is 0.760 bits per heavy atom. The average molecular weight is 664 g/mol. The van der Waals surface area contributed by atoms with Crippen LogP contribution in [0.25, 0.3) is 49.7 Å². The fourth-order valence-electron chi connectivity index (χ4n) is 6.12. The number of hydrogen-bond donors (Lipinski definition) is 0. The van der Waals surface area contributed by atoms with Gasteiger partial charge in [0.05, 0.1) is 16.7 Å². The molecule has 50 heavy (non-hydrogen) atoms. The molecule has 0 unspecified atom stereocenters. The molecule has 1 aromatic heterocycles. The minimum absolute atomic E-state index is 1.10. The van der Waals surface area contributed by atoms with Gasteiger partial charge in [-0.2, -0.15) is 0 Å². The molecule has 1 heteroatoms. The lowest BCUT2D eigenvalue weighted by Gasteiger charge is -2.14. The maximum absolute atomic E-state index is 2.41. The monoisotopic (exact) mass is 663 g/mol. The highest BCUT2D eigenvalue weighted by molar-refractivity contribution is 6.10. The number of benzene rings is 6. The highest BCUT2D eigenvalue weighted by Gasteiger charge is 2.17. The van der Waals surface area contributed by atoms with Crippen molar-refractivity contribution >= 4 is 21.8 Å². The van der Waals surface area contributed by atoms with E-state index in [-0.39, 0.29) is 0 Å². The van der Waals surface area contributed by atoms with Crippen molar-refractivity contribution < 1.29 is 0 Å². The number of hydrogen-bond acceptors (Lipinski definition) is 0. The average Bonchev–Trinajstić information content (AvgIpc) is 3.74. The lowest BCUT2D eigenvalue weighted by atomic mass is 10.0. The summed E-state index contributed by atoms with van der Waals surface area (Å²) in [6.45, 7) is 24.3. The summed E-state index contributed by atoms with van der Waals surface area (Å²) in [6.07, 6.45) is 1.10. The summed E-state index contributed by atoms with van der Waals surface area (Å²) in [5, 5.41) is 2.63. The predicted octanol–water partition coefficient (Wildman–Crippen LogP) is 15.5. The van der Waals surface area contributed by atoms with E-state index in [1.165, 1.54) is 72.0 Å². The number of nitrogens with zero attached hydrogens (tertiary/aromatic N) is 1. The van der Waals surface area contributed by atoms with Crippen molar-refractivity contribution in [2.75, 3.05) is 0 Å². The molecule has 0 amide bonds. The van der Waals surface area contributed by atoms with E-state index >= 15 is 0 Å². The van der Waals surface area contributed by atoms with Gasteiger partial charge in [-0.15, -0.1) is 0 Å².